The van der Waals surface area contributed by atoms with Gasteiger partial charge in [0.15, 0.2) is 11.6 Å². The van der Waals surface area contributed by atoms with Gasteiger partial charge in [0.1, 0.15) is 0 Å². The van der Waals surface area contributed by atoms with E-state index in [4.69, 9.17) is 11.6 Å². The summed E-state index contributed by atoms with van der Waals surface area (Å²) >= 11 is 5.85. The van der Waals surface area contributed by atoms with Crippen LogP contribution in [-0.2, 0) is 10.0 Å². The molecule has 26 heavy (non-hydrogen) atoms. The zero-order valence-corrected chi connectivity index (χ0v) is 15.8. The Bertz CT molecular complexity index is 1040. The van der Waals surface area contributed by atoms with Gasteiger partial charge in [-0.3, -0.25) is 4.72 Å². The van der Waals surface area contributed by atoms with Gasteiger partial charge in [0.2, 0.25) is 0 Å². The van der Waals surface area contributed by atoms with Crippen molar-refractivity contribution in [2.45, 2.75) is 18.7 Å². The molecule has 1 aromatic heterocycles. The molecule has 0 aliphatic rings. The molecule has 3 rings (SSSR count). The molecule has 3 aromatic rings. The summed E-state index contributed by atoms with van der Waals surface area (Å²) in [6.07, 6.45) is 0. The zero-order valence-electron chi connectivity index (χ0n) is 14.2. The molecule has 1 heterocycles. The summed E-state index contributed by atoms with van der Waals surface area (Å²) in [6, 6.07) is 15.2. The molecule has 2 N–H and O–H groups in total. The van der Waals surface area contributed by atoms with Gasteiger partial charge >= 0.3 is 0 Å². The number of hydrogen-bond donors (Lipinski definition) is 2. The first-order valence-corrected chi connectivity index (χ1v) is 9.66. The SMILES string of the molecule is Cc1ccc(C)c(Nc2ccc(NS(=O)(=O)c3cccc(Cl)c3)nn2)c1. The van der Waals surface area contributed by atoms with Crippen LogP contribution in [0.1, 0.15) is 11.1 Å². The smallest absolute Gasteiger partial charge is 0.263 e. The van der Waals surface area contributed by atoms with Crippen LogP contribution in [0.25, 0.3) is 0 Å². The van der Waals surface area contributed by atoms with Crippen molar-refractivity contribution in [2.24, 2.45) is 0 Å². The van der Waals surface area contributed by atoms with Crippen molar-refractivity contribution in [2.75, 3.05) is 10.0 Å². The predicted molar refractivity (Wildman–Crippen MR) is 103 cm³/mol. The van der Waals surface area contributed by atoms with Crippen molar-refractivity contribution in [3.05, 3.63) is 70.7 Å². The third-order valence-corrected chi connectivity index (χ3v) is 5.25. The Morgan fingerprint density at radius 3 is 2.35 bits per heavy atom. The monoisotopic (exact) mass is 388 g/mol. The number of aryl methyl sites for hydroxylation is 2. The van der Waals surface area contributed by atoms with E-state index < -0.39 is 10.0 Å². The molecular formula is C18H17ClN4O2S. The van der Waals surface area contributed by atoms with E-state index in [1.807, 2.05) is 32.0 Å². The minimum absolute atomic E-state index is 0.0596. The molecule has 0 amide bonds. The second-order valence-corrected chi connectivity index (χ2v) is 7.93. The third-order valence-electron chi connectivity index (χ3n) is 3.67. The van der Waals surface area contributed by atoms with E-state index in [0.717, 1.165) is 16.8 Å². The summed E-state index contributed by atoms with van der Waals surface area (Å²) in [6.45, 7) is 3.99. The van der Waals surface area contributed by atoms with Crippen molar-refractivity contribution in [3.63, 3.8) is 0 Å². The van der Waals surface area contributed by atoms with E-state index in [-0.39, 0.29) is 10.7 Å². The van der Waals surface area contributed by atoms with E-state index in [0.29, 0.717) is 10.8 Å². The standard InChI is InChI=1S/C18H17ClN4O2S/c1-12-6-7-13(2)16(10-12)20-17-8-9-18(22-21-17)23-26(24,25)15-5-3-4-14(19)11-15/h3-11H,1-2H3,(H,20,21)(H,22,23). The Hall–Kier alpha value is -2.64. The Labute approximate surface area is 157 Å². The van der Waals surface area contributed by atoms with E-state index >= 15 is 0 Å². The minimum Gasteiger partial charge on any atom is -0.339 e. The number of benzene rings is 2. The number of rotatable bonds is 5. The topological polar surface area (TPSA) is 84.0 Å². The fourth-order valence-corrected chi connectivity index (χ4v) is 3.59. The van der Waals surface area contributed by atoms with Crippen LogP contribution in [0.3, 0.4) is 0 Å². The second-order valence-electron chi connectivity index (χ2n) is 5.81. The molecule has 0 aliphatic carbocycles. The highest BCUT2D eigenvalue weighted by atomic mass is 35.5. The van der Waals surface area contributed by atoms with E-state index in [9.17, 15) is 8.42 Å². The summed E-state index contributed by atoms with van der Waals surface area (Å²) in [5.74, 6) is 0.640. The molecule has 0 saturated heterocycles. The average molecular weight is 389 g/mol. The van der Waals surface area contributed by atoms with Crippen molar-refractivity contribution in [1.82, 2.24) is 10.2 Å². The van der Waals surface area contributed by atoms with Crippen LogP contribution >= 0.6 is 11.6 Å². The molecule has 0 aliphatic heterocycles. The first-order chi connectivity index (χ1) is 12.3. The van der Waals surface area contributed by atoms with E-state index in [1.54, 1.807) is 24.3 Å². The highest BCUT2D eigenvalue weighted by Crippen LogP contribution is 2.22. The van der Waals surface area contributed by atoms with Crippen molar-refractivity contribution in [3.8, 4) is 0 Å². The summed E-state index contributed by atoms with van der Waals surface area (Å²) in [5.41, 5.74) is 3.12. The van der Waals surface area contributed by atoms with Gasteiger partial charge in [0, 0.05) is 10.7 Å². The first-order valence-electron chi connectivity index (χ1n) is 7.80. The number of anilines is 3. The molecule has 0 bridgehead atoms. The predicted octanol–water partition coefficient (Wildman–Crippen LogP) is 4.29. The number of sulfonamides is 1. The first kappa shape index (κ1) is 18.2. The van der Waals surface area contributed by atoms with Crippen LogP contribution in [0.4, 0.5) is 17.3 Å². The highest BCUT2D eigenvalue weighted by Gasteiger charge is 2.15. The van der Waals surface area contributed by atoms with Crippen LogP contribution in [0, 0.1) is 13.8 Å². The van der Waals surface area contributed by atoms with E-state index in [1.165, 1.54) is 12.1 Å². The molecular weight excluding hydrogens is 372 g/mol. The van der Waals surface area contributed by atoms with Crippen molar-refractivity contribution in [1.29, 1.82) is 0 Å². The Morgan fingerprint density at radius 2 is 1.65 bits per heavy atom. The normalized spacial score (nSPS) is 11.2. The van der Waals surface area contributed by atoms with Crippen LogP contribution in [0.5, 0.6) is 0 Å². The lowest BCUT2D eigenvalue weighted by molar-refractivity contribution is 0.601. The maximum atomic E-state index is 12.4. The number of nitrogens with one attached hydrogen (secondary N) is 2. The molecule has 2 aromatic carbocycles. The molecule has 6 nitrogen and oxygen atoms in total. The lowest BCUT2D eigenvalue weighted by atomic mass is 10.1. The number of nitrogens with zero attached hydrogens (tertiary/aromatic N) is 2. The van der Waals surface area contributed by atoms with Gasteiger partial charge < -0.3 is 5.32 Å². The van der Waals surface area contributed by atoms with Gasteiger partial charge in [0.05, 0.1) is 4.90 Å². The fourth-order valence-electron chi connectivity index (χ4n) is 2.29. The highest BCUT2D eigenvalue weighted by molar-refractivity contribution is 7.92. The Balaban J connectivity index is 1.76. The quantitative estimate of drug-likeness (QED) is 0.681. The molecule has 0 fully saturated rings. The summed E-state index contributed by atoms with van der Waals surface area (Å²) in [4.78, 5) is 0.0596. The van der Waals surface area contributed by atoms with Gasteiger partial charge in [-0.05, 0) is 61.4 Å². The maximum absolute atomic E-state index is 12.4. The van der Waals surface area contributed by atoms with Gasteiger partial charge in [-0.1, -0.05) is 29.8 Å². The number of hydrogen-bond acceptors (Lipinski definition) is 5. The number of halogens is 1. The van der Waals surface area contributed by atoms with Gasteiger partial charge in [-0.2, -0.15) is 0 Å². The second kappa shape index (κ2) is 7.31. The fraction of sp³-hybridized carbons (Fsp3) is 0.111. The molecule has 8 heteroatoms. The lowest BCUT2D eigenvalue weighted by Crippen LogP contribution is -2.14. The Morgan fingerprint density at radius 1 is 0.923 bits per heavy atom. The van der Waals surface area contributed by atoms with Crippen LogP contribution in [-0.4, -0.2) is 18.6 Å². The number of aromatic nitrogens is 2. The van der Waals surface area contributed by atoms with Crippen molar-refractivity contribution < 1.29 is 8.42 Å². The third kappa shape index (κ3) is 4.30. The van der Waals surface area contributed by atoms with Crippen LogP contribution in [0.2, 0.25) is 5.02 Å². The molecule has 0 spiro atoms. The lowest BCUT2D eigenvalue weighted by Gasteiger charge is -2.10. The minimum atomic E-state index is -3.78. The van der Waals surface area contributed by atoms with Crippen LogP contribution < -0.4 is 10.0 Å². The van der Waals surface area contributed by atoms with Gasteiger partial charge in [-0.15, -0.1) is 10.2 Å². The maximum Gasteiger partial charge on any atom is 0.263 e. The van der Waals surface area contributed by atoms with Gasteiger partial charge in [0.25, 0.3) is 10.0 Å². The summed E-state index contributed by atoms with van der Waals surface area (Å²) in [5, 5.41) is 11.5. The summed E-state index contributed by atoms with van der Waals surface area (Å²) < 4.78 is 27.1. The molecule has 0 radical (unpaired) electrons. The molecule has 134 valence electrons. The molecule has 0 saturated carbocycles. The van der Waals surface area contributed by atoms with E-state index in [2.05, 4.69) is 20.2 Å². The van der Waals surface area contributed by atoms with Crippen molar-refractivity contribution >= 4 is 38.9 Å². The zero-order chi connectivity index (χ0) is 18.7. The van der Waals surface area contributed by atoms with Crippen LogP contribution in [0.15, 0.2) is 59.5 Å². The molecule has 0 unspecified atom stereocenters. The average Bonchev–Trinajstić information content (AvgIpc) is 2.60. The Kier molecular flexibility index (Phi) is 5.11. The summed E-state index contributed by atoms with van der Waals surface area (Å²) in [7, 11) is -3.78. The largest absolute Gasteiger partial charge is 0.339 e. The molecule has 0 atom stereocenters. The van der Waals surface area contributed by atoms with Gasteiger partial charge in [-0.25, -0.2) is 8.42 Å².